The van der Waals surface area contributed by atoms with E-state index in [4.69, 9.17) is 0 Å². The molecule has 0 fully saturated rings. The van der Waals surface area contributed by atoms with Gasteiger partial charge in [-0.25, -0.2) is 4.98 Å². The summed E-state index contributed by atoms with van der Waals surface area (Å²) in [6, 6.07) is 2.64. The summed E-state index contributed by atoms with van der Waals surface area (Å²) >= 11 is 1.97. The third-order valence-corrected chi connectivity index (χ3v) is 5.13. The van der Waals surface area contributed by atoms with Crippen LogP contribution in [0.2, 0.25) is 0 Å². The van der Waals surface area contributed by atoms with Crippen LogP contribution in [0, 0.1) is 0 Å². The summed E-state index contributed by atoms with van der Waals surface area (Å²) in [5.41, 5.74) is 1.57. The smallest absolute Gasteiger partial charge is 0.131 e. The van der Waals surface area contributed by atoms with E-state index in [2.05, 4.69) is 34.9 Å². The third kappa shape index (κ3) is 2.47. The first kappa shape index (κ1) is 12.9. The Morgan fingerprint density at radius 3 is 2.95 bits per heavy atom. The van der Waals surface area contributed by atoms with E-state index < -0.39 is 0 Å². The second-order valence-electron chi connectivity index (χ2n) is 5.19. The topological polar surface area (TPSA) is 29.9 Å². The van der Waals surface area contributed by atoms with Gasteiger partial charge in [0, 0.05) is 29.2 Å². The number of nitrogens with zero attached hydrogens (tertiary/aromatic N) is 2. The van der Waals surface area contributed by atoms with Crippen molar-refractivity contribution in [1.82, 2.24) is 14.9 Å². The van der Waals surface area contributed by atoms with Crippen molar-refractivity contribution in [2.24, 2.45) is 7.05 Å². The van der Waals surface area contributed by atoms with Crippen molar-refractivity contribution in [3.8, 4) is 0 Å². The molecule has 1 atom stereocenters. The number of fused-ring (bicyclic) bond motifs is 1. The molecule has 3 nitrogen and oxygen atoms in total. The molecule has 3 rings (SSSR count). The van der Waals surface area contributed by atoms with E-state index in [1.54, 1.807) is 10.4 Å². The molecule has 1 aliphatic rings. The Balaban J connectivity index is 1.96. The molecule has 0 aromatic carbocycles. The Hall–Kier alpha value is -1.13. The van der Waals surface area contributed by atoms with Gasteiger partial charge in [-0.2, -0.15) is 0 Å². The van der Waals surface area contributed by atoms with Crippen molar-refractivity contribution in [3.63, 3.8) is 0 Å². The second kappa shape index (κ2) is 5.47. The first-order valence-electron chi connectivity index (χ1n) is 7.11. The molecule has 102 valence electrons. The fourth-order valence-electron chi connectivity index (χ4n) is 2.83. The van der Waals surface area contributed by atoms with Gasteiger partial charge in [-0.15, -0.1) is 11.3 Å². The van der Waals surface area contributed by atoms with Crippen molar-refractivity contribution in [3.05, 3.63) is 39.6 Å². The molecule has 1 aliphatic carbocycles. The van der Waals surface area contributed by atoms with Crippen molar-refractivity contribution < 1.29 is 0 Å². The first-order valence-corrected chi connectivity index (χ1v) is 7.93. The average Bonchev–Trinajstić information content (AvgIpc) is 3.02. The molecule has 0 radical (unpaired) electrons. The zero-order valence-corrected chi connectivity index (χ0v) is 12.5. The number of imidazole rings is 1. The van der Waals surface area contributed by atoms with Crippen LogP contribution in [0.1, 0.15) is 46.9 Å². The molecule has 2 aromatic rings. The van der Waals surface area contributed by atoms with E-state index >= 15 is 0 Å². The molecule has 0 aliphatic heterocycles. The molecule has 4 heteroatoms. The summed E-state index contributed by atoms with van der Waals surface area (Å²) in [7, 11) is 2.07. The molecular weight excluding hydrogens is 254 g/mol. The van der Waals surface area contributed by atoms with Crippen LogP contribution in [0.25, 0.3) is 0 Å². The van der Waals surface area contributed by atoms with Crippen LogP contribution in [-0.4, -0.2) is 16.1 Å². The molecule has 0 saturated carbocycles. The van der Waals surface area contributed by atoms with Crippen LogP contribution in [-0.2, 0) is 19.9 Å². The molecule has 2 heterocycles. The van der Waals surface area contributed by atoms with Crippen LogP contribution in [0.15, 0.2) is 18.5 Å². The summed E-state index contributed by atoms with van der Waals surface area (Å²) in [5.74, 6) is 1.11. The van der Waals surface area contributed by atoms with Crippen LogP contribution >= 0.6 is 11.3 Å². The highest BCUT2D eigenvalue weighted by Crippen LogP contribution is 2.34. The van der Waals surface area contributed by atoms with E-state index in [0.717, 1.165) is 12.4 Å². The van der Waals surface area contributed by atoms with E-state index in [-0.39, 0.29) is 6.04 Å². The van der Waals surface area contributed by atoms with E-state index in [1.165, 1.54) is 30.6 Å². The summed E-state index contributed by atoms with van der Waals surface area (Å²) in [6.07, 6.45) is 9.11. The van der Waals surface area contributed by atoms with Crippen LogP contribution in [0.5, 0.6) is 0 Å². The fraction of sp³-hybridized carbons (Fsp3) is 0.533. The minimum Gasteiger partial charge on any atom is -0.336 e. The van der Waals surface area contributed by atoms with Gasteiger partial charge in [-0.05, 0) is 43.9 Å². The molecule has 19 heavy (non-hydrogen) atoms. The van der Waals surface area contributed by atoms with Crippen molar-refractivity contribution in [2.75, 3.05) is 6.54 Å². The van der Waals surface area contributed by atoms with Gasteiger partial charge in [0.2, 0.25) is 0 Å². The quantitative estimate of drug-likeness (QED) is 0.929. The first-order chi connectivity index (χ1) is 9.29. The van der Waals surface area contributed by atoms with Crippen molar-refractivity contribution >= 4 is 11.3 Å². The van der Waals surface area contributed by atoms with Gasteiger partial charge in [-0.1, -0.05) is 6.92 Å². The lowest BCUT2D eigenvalue weighted by molar-refractivity contribution is 0.584. The maximum Gasteiger partial charge on any atom is 0.131 e. The maximum absolute atomic E-state index is 4.52. The highest BCUT2D eigenvalue weighted by atomic mass is 32.1. The minimum atomic E-state index is 0.237. The van der Waals surface area contributed by atoms with Gasteiger partial charge in [0.05, 0.1) is 0 Å². The third-order valence-electron chi connectivity index (χ3n) is 3.83. The van der Waals surface area contributed by atoms with Crippen LogP contribution in [0.3, 0.4) is 0 Å². The van der Waals surface area contributed by atoms with Crippen molar-refractivity contribution in [1.29, 1.82) is 0 Å². The standard InChI is InChI=1S/C15H21N3S/c1-3-16-14(15-17-8-9-18(15)2)13-10-11-6-4-5-7-12(11)19-13/h8-10,14,16H,3-7H2,1-2H3. The highest BCUT2D eigenvalue weighted by Gasteiger charge is 2.22. The molecule has 0 amide bonds. The number of aromatic nitrogens is 2. The predicted octanol–water partition coefficient (Wildman–Crippen LogP) is 3.06. The van der Waals surface area contributed by atoms with Crippen molar-refractivity contribution in [2.45, 2.75) is 38.6 Å². The zero-order valence-electron chi connectivity index (χ0n) is 11.6. The van der Waals surface area contributed by atoms with Crippen LogP contribution < -0.4 is 5.32 Å². The predicted molar refractivity (Wildman–Crippen MR) is 79.7 cm³/mol. The Labute approximate surface area is 118 Å². The van der Waals surface area contributed by atoms with Gasteiger partial charge < -0.3 is 9.88 Å². The van der Waals surface area contributed by atoms with Gasteiger partial charge in [0.15, 0.2) is 0 Å². The second-order valence-corrected chi connectivity index (χ2v) is 6.36. The molecule has 1 unspecified atom stereocenters. The number of thiophene rings is 1. The average molecular weight is 275 g/mol. The Morgan fingerprint density at radius 2 is 2.26 bits per heavy atom. The van der Waals surface area contributed by atoms with E-state index in [1.807, 2.05) is 23.7 Å². The molecule has 1 N–H and O–H groups in total. The minimum absolute atomic E-state index is 0.237. The van der Waals surface area contributed by atoms with E-state index in [9.17, 15) is 0 Å². The van der Waals surface area contributed by atoms with Gasteiger partial charge >= 0.3 is 0 Å². The Bertz CT molecular complexity index is 532. The van der Waals surface area contributed by atoms with E-state index in [0.29, 0.717) is 0 Å². The number of rotatable bonds is 4. The molecule has 0 bridgehead atoms. The van der Waals surface area contributed by atoms with Gasteiger partial charge in [0.1, 0.15) is 11.9 Å². The summed E-state index contributed by atoms with van der Waals surface area (Å²) < 4.78 is 2.12. The molecule has 0 spiro atoms. The Morgan fingerprint density at radius 1 is 1.42 bits per heavy atom. The number of aryl methyl sites for hydroxylation is 3. The summed E-state index contributed by atoms with van der Waals surface area (Å²) in [4.78, 5) is 7.54. The fourth-order valence-corrected chi connectivity index (χ4v) is 4.17. The summed E-state index contributed by atoms with van der Waals surface area (Å²) in [6.45, 7) is 3.11. The monoisotopic (exact) mass is 275 g/mol. The molecule has 2 aromatic heterocycles. The molecule has 0 saturated heterocycles. The largest absolute Gasteiger partial charge is 0.336 e. The summed E-state index contributed by atoms with van der Waals surface area (Å²) in [5, 5.41) is 3.58. The highest BCUT2D eigenvalue weighted by molar-refractivity contribution is 7.12. The van der Waals surface area contributed by atoms with Crippen LogP contribution in [0.4, 0.5) is 0 Å². The lowest BCUT2D eigenvalue weighted by Gasteiger charge is -2.16. The lowest BCUT2D eigenvalue weighted by Crippen LogP contribution is -2.23. The zero-order chi connectivity index (χ0) is 13.2. The maximum atomic E-state index is 4.52. The molecular formula is C15H21N3S. The van der Waals surface area contributed by atoms with Gasteiger partial charge in [-0.3, -0.25) is 0 Å². The number of nitrogens with one attached hydrogen (secondary N) is 1. The number of hydrogen-bond donors (Lipinski definition) is 1. The van der Waals surface area contributed by atoms with Gasteiger partial charge in [0.25, 0.3) is 0 Å². The lowest BCUT2D eigenvalue weighted by atomic mass is 9.99. The normalized spacial score (nSPS) is 16.3. The number of hydrogen-bond acceptors (Lipinski definition) is 3. The SMILES string of the molecule is CCNC(c1cc2c(s1)CCCC2)c1nccn1C. The Kier molecular flexibility index (Phi) is 3.71.